The predicted molar refractivity (Wildman–Crippen MR) is 79.8 cm³/mol. The normalized spacial score (nSPS) is 10.3. The van der Waals surface area contributed by atoms with Gasteiger partial charge >= 0.3 is 0 Å². The van der Waals surface area contributed by atoms with Gasteiger partial charge in [-0.25, -0.2) is 0 Å². The second-order valence-electron chi connectivity index (χ2n) is 4.35. The Morgan fingerprint density at radius 2 is 2.00 bits per heavy atom. The molecule has 0 saturated heterocycles. The molecule has 0 amide bonds. The van der Waals surface area contributed by atoms with Crippen LogP contribution in [0.1, 0.15) is 51.0 Å². The minimum atomic E-state index is 0.357. The maximum Gasteiger partial charge on any atom is 0.158 e. The summed E-state index contributed by atoms with van der Waals surface area (Å²) in [7, 11) is 0. The highest BCUT2D eigenvalue weighted by Crippen LogP contribution is 2.10. The third-order valence-corrected chi connectivity index (χ3v) is 3.03. The molecule has 18 heavy (non-hydrogen) atoms. The molecular formula is C13H22N4S. The van der Waals surface area contributed by atoms with E-state index < -0.39 is 0 Å². The summed E-state index contributed by atoms with van der Waals surface area (Å²) in [5, 5.41) is 11.1. The van der Waals surface area contributed by atoms with Crippen LogP contribution in [-0.4, -0.2) is 21.7 Å². The van der Waals surface area contributed by atoms with Gasteiger partial charge in [-0.1, -0.05) is 51.2 Å². The lowest BCUT2D eigenvalue weighted by molar-refractivity contribution is 0.616. The summed E-state index contributed by atoms with van der Waals surface area (Å²) in [6.45, 7) is 3.12. The number of rotatable bonds is 9. The molecule has 0 spiro atoms. The molecule has 1 aromatic rings. The van der Waals surface area contributed by atoms with Gasteiger partial charge in [0.1, 0.15) is 4.99 Å². The Morgan fingerprint density at radius 1 is 1.28 bits per heavy atom. The molecule has 1 rings (SSSR count). The van der Waals surface area contributed by atoms with Gasteiger partial charge in [0.15, 0.2) is 5.82 Å². The number of hydrogen-bond donors (Lipinski definition) is 2. The van der Waals surface area contributed by atoms with Crippen LogP contribution in [-0.2, 0) is 0 Å². The van der Waals surface area contributed by atoms with Gasteiger partial charge in [0, 0.05) is 6.54 Å². The Labute approximate surface area is 114 Å². The number of unbranched alkanes of at least 4 members (excludes halogenated alkanes) is 5. The van der Waals surface area contributed by atoms with E-state index in [1.165, 1.54) is 32.1 Å². The standard InChI is InChI=1S/C13H22N4S/c1-2-3-4-5-6-7-9-15-13-11(12(14)18)8-10-16-17-13/h8,10H,2-7,9H2,1H3,(H2,14,18)(H,15,17). The number of anilines is 1. The van der Waals surface area contributed by atoms with E-state index in [-0.39, 0.29) is 0 Å². The number of thiocarbonyl (C=S) groups is 1. The molecule has 1 aromatic heterocycles. The predicted octanol–water partition coefficient (Wildman–Crippen LogP) is 2.88. The third-order valence-electron chi connectivity index (χ3n) is 2.81. The second kappa shape index (κ2) is 8.80. The SMILES string of the molecule is CCCCCCCCNc1nnccc1C(N)=S. The van der Waals surface area contributed by atoms with Gasteiger partial charge in [-0.05, 0) is 12.5 Å². The number of hydrogen-bond acceptors (Lipinski definition) is 4. The molecule has 0 atom stereocenters. The fourth-order valence-corrected chi connectivity index (χ4v) is 1.94. The van der Waals surface area contributed by atoms with Crippen LogP contribution < -0.4 is 11.1 Å². The van der Waals surface area contributed by atoms with Crippen molar-refractivity contribution >= 4 is 23.0 Å². The Kier molecular flexibility index (Phi) is 7.25. The zero-order chi connectivity index (χ0) is 13.2. The van der Waals surface area contributed by atoms with Crippen LogP contribution >= 0.6 is 12.2 Å². The maximum absolute atomic E-state index is 5.62. The summed E-state index contributed by atoms with van der Waals surface area (Å²) in [5.74, 6) is 0.693. The molecule has 100 valence electrons. The fraction of sp³-hybridized carbons (Fsp3) is 0.615. The van der Waals surface area contributed by atoms with Crippen LogP contribution in [0.4, 0.5) is 5.82 Å². The monoisotopic (exact) mass is 266 g/mol. The van der Waals surface area contributed by atoms with E-state index in [2.05, 4.69) is 22.4 Å². The first-order valence-electron chi connectivity index (χ1n) is 6.61. The molecular weight excluding hydrogens is 244 g/mol. The minimum Gasteiger partial charge on any atom is -0.389 e. The molecule has 3 N–H and O–H groups in total. The molecule has 1 heterocycles. The van der Waals surface area contributed by atoms with Crippen molar-refractivity contribution in [2.75, 3.05) is 11.9 Å². The van der Waals surface area contributed by atoms with E-state index in [9.17, 15) is 0 Å². The van der Waals surface area contributed by atoms with Crippen LogP contribution in [0.5, 0.6) is 0 Å². The highest BCUT2D eigenvalue weighted by atomic mass is 32.1. The molecule has 0 aliphatic heterocycles. The summed E-state index contributed by atoms with van der Waals surface area (Å²) < 4.78 is 0. The number of nitrogens with zero attached hydrogens (tertiary/aromatic N) is 2. The van der Waals surface area contributed by atoms with Gasteiger partial charge in [-0.2, -0.15) is 5.10 Å². The number of nitrogens with two attached hydrogens (primary N) is 1. The average molecular weight is 266 g/mol. The highest BCUT2D eigenvalue weighted by molar-refractivity contribution is 7.80. The van der Waals surface area contributed by atoms with Gasteiger partial charge in [-0.3, -0.25) is 0 Å². The van der Waals surface area contributed by atoms with E-state index in [1.807, 2.05) is 0 Å². The topological polar surface area (TPSA) is 63.8 Å². The molecule has 4 nitrogen and oxygen atoms in total. The van der Waals surface area contributed by atoms with Gasteiger partial charge < -0.3 is 11.1 Å². The van der Waals surface area contributed by atoms with Crippen LogP contribution in [0.3, 0.4) is 0 Å². The molecule has 0 saturated carbocycles. The van der Waals surface area contributed by atoms with Crippen molar-refractivity contribution in [3.8, 4) is 0 Å². The summed E-state index contributed by atoms with van der Waals surface area (Å²) in [6, 6.07) is 1.79. The van der Waals surface area contributed by atoms with Gasteiger partial charge in [0.25, 0.3) is 0 Å². The van der Waals surface area contributed by atoms with Crippen molar-refractivity contribution in [3.05, 3.63) is 17.8 Å². The highest BCUT2D eigenvalue weighted by Gasteiger charge is 2.05. The molecule has 0 aliphatic carbocycles. The molecule has 0 aromatic carbocycles. The van der Waals surface area contributed by atoms with E-state index in [0.29, 0.717) is 10.8 Å². The largest absolute Gasteiger partial charge is 0.389 e. The van der Waals surface area contributed by atoms with E-state index >= 15 is 0 Å². The summed E-state index contributed by atoms with van der Waals surface area (Å²) in [5.41, 5.74) is 6.39. The van der Waals surface area contributed by atoms with Crippen LogP contribution in [0.15, 0.2) is 12.3 Å². The summed E-state index contributed by atoms with van der Waals surface area (Å²) in [6.07, 6.45) is 9.24. The third kappa shape index (κ3) is 5.40. The lowest BCUT2D eigenvalue weighted by Crippen LogP contribution is -2.15. The quantitative estimate of drug-likeness (QED) is 0.531. The van der Waals surface area contributed by atoms with Gasteiger partial charge in [-0.15, -0.1) is 5.10 Å². The molecule has 0 unspecified atom stereocenters. The van der Waals surface area contributed by atoms with Gasteiger partial charge in [0.05, 0.1) is 11.8 Å². The Bertz CT molecular complexity index is 368. The lowest BCUT2D eigenvalue weighted by atomic mass is 10.1. The second-order valence-corrected chi connectivity index (χ2v) is 4.79. The Balaban J connectivity index is 2.25. The smallest absolute Gasteiger partial charge is 0.158 e. The van der Waals surface area contributed by atoms with Crippen molar-refractivity contribution in [2.45, 2.75) is 45.4 Å². The average Bonchev–Trinajstić information content (AvgIpc) is 2.38. The minimum absolute atomic E-state index is 0.357. The zero-order valence-corrected chi connectivity index (χ0v) is 11.8. The summed E-state index contributed by atoms with van der Waals surface area (Å²) >= 11 is 4.97. The fourth-order valence-electron chi connectivity index (χ4n) is 1.77. The van der Waals surface area contributed by atoms with E-state index in [4.69, 9.17) is 18.0 Å². The molecule has 0 fully saturated rings. The zero-order valence-electron chi connectivity index (χ0n) is 11.0. The maximum atomic E-state index is 5.62. The van der Waals surface area contributed by atoms with E-state index in [0.717, 1.165) is 18.5 Å². The molecule has 5 heteroatoms. The first-order valence-corrected chi connectivity index (χ1v) is 7.02. The number of aromatic nitrogens is 2. The molecule has 0 radical (unpaired) electrons. The summed E-state index contributed by atoms with van der Waals surface area (Å²) in [4.78, 5) is 0.357. The van der Waals surface area contributed by atoms with Crippen molar-refractivity contribution in [1.29, 1.82) is 0 Å². The molecule has 0 bridgehead atoms. The van der Waals surface area contributed by atoms with Crippen molar-refractivity contribution < 1.29 is 0 Å². The first kappa shape index (κ1) is 14.8. The number of nitrogens with one attached hydrogen (secondary N) is 1. The lowest BCUT2D eigenvalue weighted by Gasteiger charge is -2.08. The van der Waals surface area contributed by atoms with Crippen molar-refractivity contribution in [3.63, 3.8) is 0 Å². The van der Waals surface area contributed by atoms with Crippen LogP contribution in [0, 0.1) is 0 Å². The van der Waals surface area contributed by atoms with Crippen molar-refractivity contribution in [1.82, 2.24) is 10.2 Å². The van der Waals surface area contributed by atoms with Crippen LogP contribution in [0.25, 0.3) is 0 Å². The van der Waals surface area contributed by atoms with Crippen LogP contribution in [0.2, 0.25) is 0 Å². The van der Waals surface area contributed by atoms with E-state index in [1.54, 1.807) is 12.3 Å². The van der Waals surface area contributed by atoms with Gasteiger partial charge in [0.2, 0.25) is 0 Å². The van der Waals surface area contributed by atoms with Crippen molar-refractivity contribution in [2.24, 2.45) is 5.73 Å². The first-order chi connectivity index (χ1) is 8.75. The Hall–Kier alpha value is -1.23. The molecule has 0 aliphatic rings. The Morgan fingerprint density at radius 3 is 2.72 bits per heavy atom.